The molecule has 28 heteroatoms. The molecule has 0 bridgehead atoms. The number of aliphatic hydroxyl groups is 8. The lowest BCUT2D eigenvalue weighted by atomic mass is 9.98. The van der Waals surface area contributed by atoms with Crippen LogP contribution in [0.15, 0.2) is 24.3 Å². The number of carbonyl (C=O) groups excluding carboxylic acids is 4. The Labute approximate surface area is 693 Å². The van der Waals surface area contributed by atoms with Crippen molar-refractivity contribution in [3.8, 4) is 0 Å². The number of unbranched alkanes of at least 4 members (excludes halogenated alkanes) is 22. The first-order chi connectivity index (χ1) is 56.1. The number of aliphatic hydroxyl groups excluding tert-OH is 8. The van der Waals surface area contributed by atoms with Gasteiger partial charge in [0.2, 0.25) is 0 Å². The molecule has 10 N–H and O–H groups in total. The van der Waals surface area contributed by atoms with Crippen LogP contribution in [0.5, 0.6) is 0 Å². The Morgan fingerprint density at radius 3 is 0.983 bits per heavy atom. The first-order valence-corrected chi connectivity index (χ1v) is 44.4. The first kappa shape index (κ1) is 114. The Morgan fingerprint density at radius 2 is 0.678 bits per heavy atom. The molecular formula is C87H168N2O26. The molecule has 6 unspecified atom stereocenters. The second-order valence-corrected chi connectivity index (χ2v) is 29.2. The number of hydrogen-bond acceptors (Lipinski definition) is 28. The molecule has 0 radical (unpaired) electrons. The molecule has 0 spiro atoms. The number of allylic oxidation sites excluding steroid dienone is 4. The van der Waals surface area contributed by atoms with Gasteiger partial charge in [0.25, 0.3) is 0 Å². The topological polar surface area (TPSA) is 389 Å². The third-order valence-electron chi connectivity index (χ3n) is 18.9. The lowest BCUT2D eigenvalue weighted by molar-refractivity contribution is -0.326. The summed E-state index contributed by atoms with van der Waals surface area (Å²) in [6.45, 7) is 23.8. The molecular weight excluding hydrogens is 1490 g/mol. The fourth-order valence-electron chi connectivity index (χ4n) is 11.9. The Bertz CT molecular complexity index is 2070. The van der Waals surface area contributed by atoms with E-state index in [1.807, 2.05) is 6.92 Å². The molecule has 682 valence electrons. The van der Waals surface area contributed by atoms with E-state index in [2.05, 4.69) is 50.0 Å². The molecule has 1 saturated heterocycles. The van der Waals surface area contributed by atoms with E-state index in [-0.39, 0.29) is 5.78 Å². The lowest BCUT2D eigenvalue weighted by Crippen LogP contribution is -2.61. The summed E-state index contributed by atoms with van der Waals surface area (Å²) in [5.41, 5.74) is 5.33. The summed E-state index contributed by atoms with van der Waals surface area (Å²) in [6, 6.07) is 0. The lowest BCUT2D eigenvalue weighted by Gasteiger charge is -2.42. The van der Waals surface area contributed by atoms with Gasteiger partial charge in [0.05, 0.1) is 172 Å². The van der Waals surface area contributed by atoms with E-state index in [0.29, 0.717) is 202 Å². The minimum Gasteiger partial charge on any atom is -0.394 e. The molecule has 1 aliphatic heterocycles. The van der Waals surface area contributed by atoms with Gasteiger partial charge in [-0.25, -0.2) is 0 Å². The van der Waals surface area contributed by atoms with Crippen molar-refractivity contribution in [1.29, 1.82) is 0 Å². The predicted octanol–water partition coefficient (Wildman–Crippen LogP) is 9.82. The maximum absolute atomic E-state index is 12.4. The minimum atomic E-state index is -1.97. The Balaban J connectivity index is 0. The molecule has 0 aromatic rings. The SMILES string of the molecule is CC(=O)C(O)C(O)C(O[C@@H]1OC(CO)[C@@H](O)C(O)[C@H]1O)C(O)CO.CCCC(=O)CCOCCOCCOCCOCCOCCOCCOCCOCCOCCOCCOCCOCCN.CCCCCCCC/C=C\CCCCCCCC(=O)CCCN(CC)CCCC(=O)CCCCCCC/C=C\CCCCCCCC. The highest BCUT2D eigenvalue weighted by atomic mass is 16.7. The van der Waals surface area contributed by atoms with Crippen LogP contribution in [0.1, 0.15) is 259 Å². The van der Waals surface area contributed by atoms with Crippen molar-refractivity contribution in [1.82, 2.24) is 4.90 Å². The van der Waals surface area contributed by atoms with Gasteiger partial charge in [0.1, 0.15) is 66.2 Å². The van der Waals surface area contributed by atoms with Crippen molar-refractivity contribution in [2.24, 2.45) is 5.73 Å². The molecule has 1 aliphatic rings. The fraction of sp³-hybridized carbons (Fsp3) is 0.908. The summed E-state index contributed by atoms with van der Waals surface area (Å²) >= 11 is 0. The van der Waals surface area contributed by atoms with Gasteiger partial charge in [-0.3, -0.25) is 19.2 Å². The summed E-state index contributed by atoms with van der Waals surface area (Å²) in [5.74, 6) is 0.288. The van der Waals surface area contributed by atoms with Crippen molar-refractivity contribution >= 4 is 23.1 Å². The Hall–Kier alpha value is -2.80. The van der Waals surface area contributed by atoms with E-state index in [4.69, 9.17) is 82.3 Å². The molecule has 0 aliphatic carbocycles. The standard InChI is InChI=1S/C44H83NO2.C30H61NO13.C13H24O11/c1-4-7-9-11-13-15-17-19-21-23-25-27-29-31-33-37-43(46)39-35-41-45(6-3)42-36-40-44(47)38-34-32-30-28-26-24-22-20-18-16-14-12-10-8-5-2;1-2-3-30(32)4-6-33-8-10-35-12-14-37-16-18-39-20-22-41-24-26-43-28-29-44-27-25-42-23-21-40-19-17-38-15-13-36-11-9-34-7-5-31;1-4(16)7(18)10(21)12(5(17)2-14)24-13-11(22)9(20)8(19)6(3-15)23-13/h19-22H,4-18,23-42H2,1-3H3;2-29,31H2,1H3;5-15,17-22H,2-3H2,1H3/b21-19-,22-20-;;/t;;5?,6?,7?,8-,9?,10?,11-,12?,13+/m..1/s1. The monoisotopic (exact) mass is 1660 g/mol. The quantitative estimate of drug-likeness (QED) is 0.0202. The van der Waals surface area contributed by atoms with Gasteiger partial charge in [-0.2, -0.15) is 0 Å². The molecule has 115 heavy (non-hydrogen) atoms. The fourth-order valence-corrected chi connectivity index (χ4v) is 11.9. The van der Waals surface area contributed by atoms with E-state index in [9.17, 15) is 49.8 Å². The van der Waals surface area contributed by atoms with Crippen LogP contribution in [0.4, 0.5) is 0 Å². The van der Waals surface area contributed by atoms with Crippen LogP contribution in [0.2, 0.25) is 0 Å². The molecule has 1 heterocycles. The first-order valence-electron chi connectivity index (χ1n) is 44.4. The maximum Gasteiger partial charge on any atom is 0.187 e. The normalized spacial score (nSPS) is 16.8. The van der Waals surface area contributed by atoms with Crippen molar-refractivity contribution in [3.63, 3.8) is 0 Å². The third-order valence-corrected chi connectivity index (χ3v) is 18.9. The molecule has 0 aromatic carbocycles. The summed E-state index contributed by atoms with van der Waals surface area (Å²) < 4.78 is 75.1. The molecule has 1 fully saturated rings. The Morgan fingerprint density at radius 1 is 0.374 bits per heavy atom. The molecule has 1 rings (SSSR count). The number of Topliss-reactive ketones (excluding diaryl/α,β-unsaturated/α-hetero) is 4. The summed E-state index contributed by atoms with van der Waals surface area (Å²) in [6.07, 6.45) is 34.4. The smallest absolute Gasteiger partial charge is 0.187 e. The van der Waals surface area contributed by atoms with Crippen LogP contribution in [-0.4, -0.2) is 322 Å². The zero-order chi connectivity index (χ0) is 84.8. The zero-order valence-electron chi connectivity index (χ0n) is 72.4. The van der Waals surface area contributed by atoms with E-state index < -0.39 is 74.1 Å². The second-order valence-electron chi connectivity index (χ2n) is 29.2. The third kappa shape index (κ3) is 77.0. The van der Waals surface area contributed by atoms with Gasteiger partial charge in [-0.15, -0.1) is 0 Å². The number of ketones is 4. The summed E-state index contributed by atoms with van der Waals surface area (Å²) in [7, 11) is 0. The van der Waals surface area contributed by atoms with Gasteiger partial charge >= 0.3 is 0 Å². The average Bonchev–Trinajstić information content (AvgIpc) is 0.806. The highest BCUT2D eigenvalue weighted by Crippen LogP contribution is 2.26. The van der Waals surface area contributed by atoms with Gasteiger partial charge in [-0.05, 0) is 110 Å². The molecule has 0 aromatic heterocycles. The van der Waals surface area contributed by atoms with E-state index >= 15 is 0 Å². The largest absolute Gasteiger partial charge is 0.394 e. The number of nitrogens with zero attached hydrogens (tertiary/aromatic N) is 1. The molecule has 28 nitrogen and oxygen atoms in total. The average molecular weight is 1660 g/mol. The maximum atomic E-state index is 12.4. The number of rotatable bonds is 87. The van der Waals surface area contributed by atoms with Crippen LogP contribution in [0.25, 0.3) is 0 Å². The van der Waals surface area contributed by atoms with Gasteiger partial charge in [-0.1, -0.05) is 155 Å². The van der Waals surface area contributed by atoms with E-state index in [1.165, 1.54) is 154 Å². The van der Waals surface area contributed by atoms with Gasteiger partial charge in [0, 0.05) is 45.1 Å². The molecule has 9 atom stereocenters. The minimum absolute atomic E-state index is 0.248. The van der Waals surface area contributed by atoms with E-state index in [1.54, 1.807) is 0 Å². The number of ether oxygens (including phenoxy) is 14. The highest BCUT2D eigenvalue weighted by Gasteiger charge is 2.47. The van der Waals surface area contributed by atoms with Crippen molar-refractivity contribution in [2.75, 3.05) is 198 Å². The number of hydrogen-bond donors (Lipinski definition) is 9. The number of carbonyl (C=O) groups is 4. The van der Waals surface area contributed by atoms with Crippen LogP contribution in [-0.2, 0) is 85.5 Å². The van der Waals surface area contributed by atoms with Crippen LogP contribution >= 0.6 is 0 Å². The second kappa shape index (κ2) is 90.4. The number of nitrogens with two attached hydrogens (primary N) is 1. The zero-order valence-corrected chi connectivity index (χ0v) is 72.4. The Kier molecular flexibility index (Phi) is 89.8. The predicted molar refractivity (Wildman–Crippen MR) is 447 cm³/mol. The summed E-state index contributed by atoms with van der Waals surface area (Å²) in [4.78, 5) is 49.7. The molecule has 0 saturated carbocycles. The van der Waals surface area contributed by atoms with Crippen LogP contribution in [0.3, 0.4) is 0 Å². The van der Waals surface area contributed by atoms with Crippen molar-refractivity contribution in [2.45, 2.75) is 314 Å². The van der Waals surface area contributed by atoms with Crippen LogP contribution < -0.4 is 5.73 Å². The van der Waals surface area contributed by atoms with Crippen molar-refractivity contribution < 1.29 is 126 Å². The molecule has 0 amide bonds. The van der Waals surface area contributed by atoms with Gasteiger partial charge < -0.3 is 118 Å². The van der Waals surface area contributed by atoms with Crippen molar-refractivity contribution in [3.05, 3.63) is 24.3 Å². The van der Waals surface area contributed by atoms with Crippen LogP contribution in [0, 0.1) is 0 Å². The van der Waals surface area contributed by atoms with E-state index in [0.717, 1.165) is 71.5 Å². The highest BCUT2D eigenvalue weighted by molar-refractivity contribution is 5.81. The summed E-state index contributed by atoms with van der Waals surface area (Å²) in [5, 5.41) is 76.5. The van der Waals surface area contributed by atoms with Gasteiger partial charge in [0.15, 0.2) is 12.1 Å².